The average molecular weight is 314 g/mol. The molecule has 2 rings (SSSR count). The molecule has 2 aromatic rings. The predicted octanol–water partition coefficient (Wildman–Crippen LogP) is 3.36. The van der Waals surface area contributed by atoms with E-state index in [4.69, 9.17) is 0 Å². The Balaban J connectivity index is 2.42. The van der Waals surface area contributed by atoms with E-state index in [2.05, 4.69) is 20.7 Å². The lowest BCUT2D eigenvalue weighted by Crippen LogP contribution is -2.14. The molecule has 0 amide bonds. The molecule has 3 nitrogen and oxygen atoms in total. The standard InChI is InChI=1S/C12H12BrNO2S/c1-2-17(15,16)14-12-6-4-9-7-11(13)5-3-10(9)8-12/h3-8,14H,2H2,1H3. The second-order valence-electron chi connectivity index (χ2n) is 3.71. The quantitative estimate of drug-likeness (QED) is 0.944. The van der Waals surface area contributed by atoms with E-state index < -0.39 is 10.0 Å². The molecule has 0 radical (unpaired) electrons. The first-order valence-electron chi connectivity index (χ1n) is 5.20. The number of hydrogen-bond acceptors (Lipinski definition) is 2. The maximum Gasteiger partial charge on any atom is 0.232 e. The zero-order valence-electron chi connectivity index (χ0n) is 9.27. The molecule has 0 aliphatic carbocycles. The Hall–Kier alpha value is -1.07. The van der Waals surface area contributed by atoms with Crippen molar-refractivity contribution in [3.63, 3.8) is 0 Å². The minimum atomic E-state index is -3.21. The van der Waals surface area contributed by atoms with Gasteiger partial charge in [0.25, 0.3) is 0 Å². The molecule has 17 heavy (non-hydrogen) atoms. The Bertz CT molecular complexity index is 653. The minimum absolute atomic E-state index is 0.0748. The molecule has 1 N–H and O–H groups in total. The first-order chi connectivity index (χ1) is 8.00. The van der Waals surface area contributed by atoms with Gasteiger partial charge in [-0.3, -0.25) is 4.72 Å². The number of nitrogens with one attached hydrogen (secondary N) is 1. The lowest BCUT2D eigenvalue weighted by Gasteiger charge is -2.07. The van der Waals surface area contributed by atoms with Crippen molar-refractivity contribution in [2.24, 2.45) is 0 Å². The molecule has 5 heteroatoms. The van der Waals surface area contributed by atoms with Crippen molar-refractivity contribution in [3.8, 4) is 0 Å². The van der Waals surface area contributed by atoms with Gasteiger partial charge >= 0.3 is 0 Å². The highest BCUT2D eigenvalue weighted by molar-refractivity contribution is 9.10. The lowest BCUT2D eigenvalue weighted by molar-refractivity contribution is 0.602. The van der Waals surface area contributed by atoms with Crippen LogP contribution in [0, 0.1) is 0 Å². The Morgan fingerprint density at radius 3 is 2.47 bits per heavy atom. The van der Waals surface area contributed by atoms with Crippen LogP contribution in [-0.2, 0) is 10.0 Å². The van der Waals surface area contributed by atoms with Gasteiger partial charge in [0.2, 0.25) is 10.0 Å². The predicted molar refractivity (Wildman–Crippen MR) is 74.7 cm³/mol. The lowest BCUT2D eigenvalue weighted by atomic mass is 10.1. The molecule has 0 aliphatic rings. The number of sulfonamides is 1. The fourth-order valence-corrected chi connectivity index (χ4v) is 2.54. The van der Waals surface area contributed by atoms with Crippen LogP contribution in [0.5, 0.6) is 0 Å². The molecule has 0 aliphatic heterocycles. The SMILES string of the molecule is CCS(=O)(=O)Nc1ccc2cc(Br)ccc2c1. The zero-order valence-corrected chi connectivity index (χ0v) is 11.7. The van der Waals surface area contributed by atoms with Crippen molar-refractivity contribution < 1.29 is 8.42 Å². The van der Waals surface area contributed by atoms with Crippen molar-refractivity contribution in [3.05, 3.63) is 40.9 Å². The molecule has 0 bridgehead atoms. The molecule has 0 heterocycles. The summed E-state index contributed by atoms with van der Waals surface area (Å²) >= 11 is 3.40. The fourth-order valence-electron chi connectivity index (χ4n) is 1.53. The monoisotopic (exact) mass is 313 g/mol. The maximum absolute atomic E-state index is 11.4. The van der Waals surface area contributed by atoms with E-state index in [9.17, 15) is 8.42 Å². The van der Waals surface area contributed by atoms with E-state index in [1.165, 1.54) is 0 Å². The van der Waals surface area contributed by atoms with Crippen molar-refractivity contribution in [1.29, 1.82) is 0 Å². The van der Waals surface area contributed by atoms with Gasteiger partial charge < -0.3 is 0 Å². The third-order valence-electron chi connectivity index (χ3n) is 2.46. The summed E-state index contributed by atoms with van der Waals surface area (Å²) in [6, 6.07) is 11.4. The van der Waals surface area contributed by atoms with Crippen LogP contribution in [0.4, 0.5) is 5.69 Å². The van der Waals surface area contributed by atoms with E-state index >= 15 is 0 Å². The summed E-state index contributed by atoms with van der Waals surface area (Å²) in [5.41, 5.74) is 0.599. The first-order valence-corrected chi connectivity index (χ1v) is 7.64. The molecular weight excluding hydrogens is 302 g/mol. The van der Waals surface area contributed by atoms with Crippen LogP contribution >= 0.6 is 15.9 Å². The van der Waals surface area contributed by atoms with E-state index in [0.29, 0.717) is 5.69 Å². The second-order valence-corrected chi connectivity index (χ2v) is 6.64. The summed E-state index contributed by atoms with van der Waals surface area (Å²) in [5.74, 6) is 0.0748. The fraction of sp³-hybridized carbons (Fsp3) is 0.167. The van der Waals surface area contributed by atoms with Crippen molar-refractivity contribution in [2.75, 3.05) is 10.5 Å². The van der Waals surface area contributed by atoms with Gasteiger partial charge in [-0.2, -0.15) is 0 Å². The van der Waals surface area contributed by atoms with Gasteiger partial charge in [-0.1, -0.05) is 28.1 Å². The van der Waals surface area contributed by atoms with Crippen LogP contribution in [0.2, 0.25) is 0 Å². The number of benzene rings is 2. The molecule has 0 fully saturated rings. The van der Waals surface area contributed by atoms with E-state index in [-0.39, 0.29) is 5.75 Å². The van der Waals surface area contributed by atoms with Gasteiger partial charge in [-0.05, 0) is 42.0 Å². The van der Waals surface area contributed by atoms with Crippen LogP contribution in [-0.4, -0.2) is 14.2 Å². The van der Waals surface area contributed by atoms with Crippen LogP contribution in [0.1, 0.15) is 6.92 Å². The molecule has 90 valence electrons. The Morgan fingerprint density at radius 2 is 1.76 bits per heavy atom. The zero-order chi connectivity index (χ0) is 12.5. The number of fused-ring (bicyclic) bond motifs is 1. The third kappa shape index (κ3) is 2.98. The summed E-state index contributed by atoms with van der Waals surface area (Å²) in [4.78, 5) is 0. The Morgan fingerprint density at radius 1 is 1.12 bits per heavy atom. The van der Waals surface area contributed by atoms with Crippen LogP contribution in [0.25, 0.3) is 10.8 Å². The highest BCUT2D eigenvalue weighted by atomic mass is 79.9. The van der Waals surface area contributed by atoms with Crippen molar-refractivity contribution in [2.45, 2.75) is 6.92 Å². The Kier molecular flexibility index (Phi) is 3.40. The summed E-state index contributed by atoms with van der Waals surface area (Å²) < 4.78 is 26.4. The minimum Gasteiger partial charge on any atom is -0.284 e. The number of hydrogen-bond donors (Lipinski definition) is 1. The first kappa shape index (κ1) is 12.4. The molecule has 0 atom stereocenters. The summed E-state index contributed by atoms with van der Waals surface area (Å²) in [6.45, 7) is 1.61. The van der Waals surface area contributed by atoms with Crippen molar-refractivity contribution >= 4 is 42.4 Å². The van der Waals surface area contributed by atoms with E-state index in [1.807, 2.05) is 30.3 Å². The molecule has 0 spiro atoms. The second kappa shape index (κ2) is 4.66. The summed E-state index contributed by atoms with van der Waals surface area (Å²) in [6.07, 6.45) is 0. The number of anilines is 1. The molecule has 0 aromatic heterocycles. The molecule has 0 saturated carbocycles. The average Bonchev–Trinajstić information content (AvgIpc) is 2.29. The van der Waals surface area contributed by atoms with Gasteiger partial charge in [0.1, 0.15) is 0 Å². The largest absolute Gasteiger partial charge is 0.284 e. The number of rotatable bonds is 3. The molecule has 2 aromatic carbocycles. The Labute approximate surface area is 109 Å². The number of halogens is 1. The van der Waals surface area contributed by atoms with E-state index in [1.54, 1.807) is 13.0 Å². The van der Waals surface area contributed by atoms with Gasteiger partial charge in [0.15, 0.2) is 0 Å². The highest BCUT2D eigenvalue weighted by Gasteiger charge is 2.06. The smallest absolute Gasteiger partial charge is 0.232 e. The summed E-state index contributed by atoms with van der Waals surface area (Å²) in [5, 5.41) is 2.07. The third-order valence-corrected chi connectivity index (χ3v) is 4.26. The van der Waals surface area contributed by atoms with Gasteiger partial charge in [-0.25, -0.2) is 8.42 Å². The van der Waals surface area contributed by atoms with Crippen molar-refractivity contribution in [1.82, 2.24) is 0 Å². The molecule has 0 saturated heterocycles. The van der Waals surface area contributed by atoms with Crippen LogP contribution < -0.4 is 4.72 Å². The van der Waals surface area contributed by atoms with Gasteiger partial charge in [0, 0.05) is 10.2 Å². The topological polar surface area (TPSA) is 46.2 Å². The normalized spacial score (nSPS) is 11.6. The summed E-state index contributed by atoms with van der Waals surface area (Å²) in [7, 11) is -3.21. The highest BCUT2D eigenvalue weighted by Crippen LogP contribution is 2.23. The molecular formula is C12H12BrNO2S. The van der Waals surface area contributed by atoms with E-state index in [0.717, 1.165) is 15.2 Å². The molecule has 0 unspecified atom stereocenters. The maximum atomic E-state index is 11.4. The van der Waals surface area contributed by atoms with Crippen LogP contribution in [0.15, 0.2) is 40.9 Å². The van der Waals surface area contributed by atoms with Crippen LogP contribution in [0.3, 0.4) is 0 Å². The van der Waals surface area contributed by atoms with Gasteiger partial charge in [0.05, 0.1) is 5.75 Å². The van der Waals surface area contributed by atoms with Gasteiger partial charge in [-0.15, -0.1) is 0 Å².